The Morgan fingerprint density at radius 3 is 2.39 bits per heavy atom. The summed E-state index contributed by atoms with van der Waals surface area (Å²) in [6.07, 6.45) is -0.0915. The lowest BCUT2D eigenvalue weighted by atomic mass is 10.0. The van der Waals surface area contributed by atoms with E-state index in [0.717, 1.165) is 22.4 Å². The van der Waals surface area contributed by atoms with Crippen LogP contribution in [-0.2, 0) is 16.0 Å². The third-order valence-corrected chi connectivity index (χ3v) is 4.78. The van der Waals surface area contributed by atoms with E-state index in [9.17, 15) is 14.4 Å². The highest BCUT2D eigenvalue weighted by Crippen LogP contribution is 2.31. The third kappa shape index (κ3) is 4.14. The number of fused-ring (bicyclic) bond motifs is 1. The van der Waals surface area contributed by atoms with Crippen LogP contribution in [0.4, 0.5) is 5.69 Å². The zero-order valence-corrected chi connectivity index (χ0v) is 15.9. The molecular formula is C21H22N2O5. The first-order valence-electron chi connectivity index (χ1n) is 8.96. The molecule has 0 fully saturated rings. The molecule has 2 amide bonds. The number of carboxylic acids is 1. The number of rotatable bonds is 5. The van der Waals surface area contributed by atoms with Gasteiger partial charge in [0, 0.05) is 17.7 Å². The second-order valence-electron chi connectivity index (χ2n) is 6.95. The lowest BCUT2D eigenvalue weighted by Crippen LogP contribution is -2.38. The zero-order valence-electron chi connectivity index (χ0n) is 15.9. The molecule has 28 heavy (non-hydrogen) atoms. The van der Waals surface area contributed by atoms with E-state index in [1.54, 1.807) is 12.1 Å². The normalized spacial score (nSPS) is 15.9. The van der Waals surface area contributed by atoms with Crippen molar-refractivity contribution in [3.05, 3.63) is 58.7 Å². The lowest BCUT2D eigenvalue weighted by Gasteiger charge is -2.12. The van der Waals surface area contributed by atoms with Gasteiger partial charge >= 0.3 is 5.97 Å². The van der Waals surface area contributed by atoms with Gasteiger partial charge in [0.1, 0.15) is 11.8 Å². The maximum absolute atomic E-state index is 12.5. The molecule has 0 bridgehead atoms. The van der Waals surface area contributed by atoms with Gasteiger partial charge in [-0.05, 0) is 67.8 Å². The first-order chi connectivity index (χ1) is 13.2. The lowest BCUT2D eigenvalue weighted by molar-refractivity contribution is -0.138. The van der Waals surface area contributed by atoms with Crippen molar-refractivity contribution in [2.45, 2.75) is 39.3 Å². The van der Waals surface area contributed by atoms with Crippen LogP contribution in [0.5, 0.6) is 5.75 Å². The molecule has 0 aromatic heterocycles. The Kier molecular flexibility index (Phi) is 5.35. The van der Waals surface area contributed by atoms with Crippen LogP contribution in [0.25, 0.3) is 0 Å². The molecule has 2 aromatic carbocycles. The fourth-order valence-electron chi connectivity index (χ4n) is 2.93. The molecule has 3 N–H and O–H groups in total. The molecule has 1 aliphatic rings. The average Bonchev–Trinajstić information content (AvgIpc) is 3.05. The largest absolute Gasteiger partial charge is 0.480 e. The quantitative estimate of drug-likeness (QED) is 0.737. The minimum atomic E-state index is -1.11. The summed E-state index contributed by atoms with van der Waals surface area (Å²) in [7, 11) is 0. The van der Waals surface area contributed by atoms with Gasteiger partial charge in [0.05, 0.1) is 0 Å². The Hall–Kier alpha value is -3.35. The molecule has 1 heterocycles. The van der Waals surface area contributed by atoms with E-state index in [0.29, 0.717) is 17.7 Å². The highest BCUT2D eigenvalue weighted by atomic mass is 16.5. The molecule has 0 spiro atoms. The van der Waals surface area contributed by atoms with E-state index in [2.05, 4.69) is 10.6 Å². The van der Waals surface area contributed by atoms with Gasteiger partial charge in [0.2, 0.25) is 0 Å². The number of aliphatic carboxylic acids is 1. The van der Waals surface area contributed by atoms with Crippen LogP contribution >= 0.6 is 0 Å². The number of ether oxygens (including phenoxy) is 1. The topological polar surface area (TPSA) is 105 Å². The Balaban J connectivity index is 1.61. The van der Waals surface area contributed by atoms with Gasteiger partial charge < -0.3 is 20.5 Å². The van der Waals surface area contributed by atoms with Crippen LogP contribution in [0.15, 0.2) is 36.4 Å². The minimum absolute atomic E-state index is 0.261. The van der Waals surface area contributed by atoms with E-state index in [1.807, 2.05) is 26.0 Å². The number of carbonyl (C=O) groups is 3. The maximum Gasteiger partial charge on any atom is 0.325 e. The second-order valence-corrected chi connectivity index (χ2v) is 6.95. The van der Waals surface area contributed by atoms with E-state index in [-0.39, 0.29) is 5.91 Å². The number of anilines is 1. The third-order valence-electron chi connectivity index (χ3n) is 4.78. The van der Waals surface area contributed by atoms with Crippen molar-refractivity contribution in [1.29, 1.82) is 0 Å². The number of aryl methyl sites for hydroxylation is 2. The monoisotopic (exact) mass is 382 g/mol. The number of carbonyl (C=O) groups excluding carboxylic acids is 2. The van der Waals surface area contributed by atoms with E-state index < -0.39 is 24.0 Å². The number of amides is 2. The van der Waals surface area contributed by atoms with Crippen molar-refractivity contribution in [3.8, 4) is 5.75 Å². The fourth-order valence-corrected chi connectivity index (χ4v) is 2.93. The Morgan fingerprint density at radius 2 is 1.75 bits per heavy atom. The summed E-state index contributed by atoms with van der Waals surface area (Å²) in [6, 6.07) is 9.24. The van der Waals surface area contributed by atoms with Crippen LogP contribution in [0, 0.1) is 13.8 Å². The number of hydrogen-bond donors (Lipinski definition) is 3. The van der Waals surface area contributed by atoms with Crippen LogP contribution in [-0.4, -0.2) is 35.0 Å². The molecule has 146 valence electrons. The van der Waals surface area contributed by atoms with Gasteiger partial charge in [-0.1, -0.05) is 6.07 Å². The average molecular weight is 382 g/mol. The van der Waals surface area contributed by atoms with Crippen LogP contribution in [0.2, 0.25) is 0 Å². The Bertz CT molecular complexity index is 906. The van der Waals surface area contributed by atoms with Crippen molar-refractivity contribution in [2.75, 3.05) is 5.32 Å². The summed E-state index contributed by atoms with van der Waals surface area (Å²) in [6.45, 7) is 5.41. The van der Waals surface area contributed by atoms with Crippen LogP contribution in [0.1, 0.15) is 34.0 Å². The van der Waals surface area contributed by atoms with Crippen LogP contribution < -0.4 is 15.4 Å². The molecular weight excluding hydrogens is 360 g/mol. The van der Waals surface area contributed by atoms with Gasteiger partial charge in [-0.2, -0.15) is 0 Å². The molecule has 2 atom stereocenters. The molecule has 2 unspecified atom stereocenters. The maximum atomic E-state index is 12.5. The predicted octanol–water partition coefficient (Wildman–Crippen LogP) is 2.45. The fraction of sp³-hybridized carbons (Fsp3) is 0.286. The molecule has 0 radical (unpaired) electrons. The molecule has 1 aliphatic heterocycles. The first kappa shape index (κ1) is 19.4. The van der Waals surface area contributed by atoms with Gasteiger partial charge in [-0.15, -0.1) is 0 Å². The number of carboxylic acid groups (broad SMARTS) is 1. The van der Waals surface area contributed by atoms with E-state index in [4.69, 9.17) is 9.84 Å². The van der Waals surface area contributed by atoms with Gasteiger partial charge in [-0.25, -0.2) is 0 Å². The van der Waals surface area contributed by atoms with Crippen molar-refractivity contribution >= 4 is 23.5 Å². The summed E-state index contributed by atoms with van der Waals surface area (Å²) in [5.41, 5.74) is 4.13. The smallest absolute Gasteiger partial charge is 0.325 e. The minimum Gasteiger partial charge on any atom is -0.480 e. The number of benzene rings is 2. The second kappa shape index (κ2) is 7.72. The molecule has 7 nitrogen and oxygen atoms in total. The van der Waals surface area contributed by atoms with Crippen molar-refractivity contribution in [2.24, 2.45) is 0 Å². The first-order valence-corrected chi connectivity index (χ1v) is 8.96. The SMILES string of the molecule is Cc1cc2c(cc1C)OC(C(=O)Nc1ccc(C(=O)NC(C)C(=O)O)cc1)C2. The van der Waals surface area contributed by atoms with Crippen LogP contribution in [0.3, 0.4) is 0 Å². The van der Waals surface area contributed by atoms with Gasteiger partial charge in [-0.3, -0.25) is 14.4 Å². The number of hydrogen-bond acceptors (Lipinski definition) is 4. The molecule has 0 saturated carbocycles. The molecule has 7 heteroatoms. The highest BCUT2D eigenvalue weighted by molar-refractivity contribution is 5.98. The number of nitrogens with one attached hydrogen (secondary N) is 2. The summed E-state index contributed by atoms with van der Waals surface area (Å²) in [5, 5.41) is 14.0. The summed E-state index contributed by atoms with van der Waals surface area (Å²) in [4.78, 5) is 35.3. The van der Waals surface area contributed by atoms with Crippen molar-refractivity contribution < 1.29 is 24.2 Å². The van der Waals surface area contributed by atoms with Crippen molar-refractivity contribution in [1.82, 2.24) is 5.32 Å². The summed E-state index contributed by atoms with van der Waals surface area (Å²) in [5.74, 6) is -1.13. The Morgan fingerprint density at radius 1 is 1.11 bits per heavy atom. The van der Waals surface area contributed by atoms with E-state index >= 15 is 0 Å². The van der Waals surface area contributed by atoms with Gasteiger partial charge in [0.25, 0.3) is 11.8 Å². The zero-order chi connectivity index (χ0) is 20.4. The highest BCUT2D eigenvalue weighted by Gasteiger charge is 2.29. The van der Waals surface area contributed by atoms with E-state index in [1.165, 1.54) is 19.1 Å². The summed E-state index contributed by atoms with van der Waals surface area (Å²) >= 11 is 0. The predicted molar refractivity (Wildman–Crippen MR) is 104 cm³/mol. The molecule has 3 rings (SSSR count). The Labute approximate surface area is 162 Å². The van der Waals surface area contributed by atoms with Crippen molar-refractivity contribution in [3.63, 3.8) is 0 Å². The molecule has 2 aromatic rings. The standard InChI is InChI=1S/C21H22N2O5/c1-11-8-15-10-18(28-17(15)9-12(11)2)20(25)23-16-6-4-14(5-7-16)19(24)22-13(3)21(26)27/h4-9,13,18H,10H2,1-3H3,(H,22,24)(H,23,25)(H,26,27). The summed E-state index contributed by atoms with van der Waals surface area (Å²) < 4.78 is 5.77. The molecule has 0 aliphatic carbocycles. The molecule has 0 saturated heterocycles. The van der Waals surface area contributed by atoms with Gasteiger partial charge in [0.15, 0.2) is 6.10 Å².